The van der Waals surface area contributed by atoms with E-state index in [1.807, 2.05) is 22.8 Å². The lowest BCUT2D eigenvalue weighted by molar-refractivity contribution is -0.0207. The summed E-state index contributed by atoms with van der Waals surface area (Å²) in [6.07, 6.45) is 5.65. The Balaban J connectivity index is 1.63. The van der Waals surface area contributed by atoms with Gasteiger partial charge in [-0.2, -0.15) is 0 Å². The predicted molar refractivity (Wildman–Crippen MR) is 98.6 cm³/mol. The van der Waals surface area contributed by atoms with Gasteiger partial charge in [0.05, 0.1) is 25.1 Å². The molecular weight excluding hydrogens is 330 g/mol. The fourth-order valence-corrected chi connectivity index (χ4v) is 3.47. The Morgan fingerprint density at radius 1 is 1.23 bits per heavy atom. The first-order valence-corrected chi connectivity index (χ1v) is 9.05. The molecular formula is C19H23N5O2. The minimum Gasteiger partial charge on any atom is -0.394 e. The van der Waals surface area contributed by atoms with Crippen LogP contribution >= 0.6 is 0 Å². The third kappa shape index (κ3) is 3.15. The fraction of sp³-hybridized carbons (Fsp3) is 0.421. The van der Waals surface area contributed by atoms with Gasteiger partial charge in [0.1, 0.15) is 12.6 Å². The highest BCUT2D eigenvalue weighted by molar-refractivity contribution is 5.82. The smallest absolute Gasteiger partial charge is 0.167 e. The molecule has 3 aromatic rings. The first kappa shape index (κ1) is 16.9. The molecule has 1 aromatic carbocycles. The molecule has 7 nitrogen and oxygen atoms in total. The van der Waals surface area contributed by atoms with E-state index < -0.39 is 0 Å². The lowest BCUT2D eigenvalue weighted by Gasteiger charge is -2.18. The molecule has 0 bridgehead atoms. The molecule has 1 aliphatic rings. The average molecular weight is 353 g/mol. The van der Waals surface area contributed by atoms with E-state index in [1.165, 1.54) is 5.56 Å². The van der Waals surface area contributed by atoms with Gasteiger partial charge in [0.15, 0.2) is 17.0 Å². The molecule has 0 spiro atoms. The highest BCUT2D eigenvalue weighted by atomic mass is 16.5. The zero-order chi connectivity index (χ0) is 17.9. The van der Waals surface area contributed by atoms with Crippen LogP contribution in [-0.4, -0.2) is 37.3 Å². The summed E-state index contributed by atoms with van der Waals surface area (Å²) in [5.74, 6) is 0.723. The minimum atomic E-state index is -0.143. The van der Waals surface area contributed by atoms with Gasteiger partial charge in [0, 0.05) is 0 Å². The predicted octanol–water partition coefficient (Wildman–Crippen LogP) is 3.06. The number of anilines is 1. The minimum absolute atomic E-state index is 0.0418. The van der Waals surface area contributed by atoms with Gasteiger partial charge in [-0.15, -0.1) is 0 Å². The number of aliphatic hydroxyl groups is 1. The van der Waals surface area contributed by atoms with Gasteiger partial charge in [-0.1, -0.05) is 37.3 Å². The molecule has 0 radical (unpaired) electrons. The largest absolute Gasteiger partial charge is 0.394 e. The maximum Gasteiger partial charge on any atom is 0.167 e. The highest BCUT2D eigenvalue weighted by Gasteiger charge is 2.28. The molecule has 136 valence electrons. The van der Waals surface area contributed by atoms with Crippen molar-refractivity contribution in [1.29, 1.82) is 0 Å². The second kappa shape index (κ2) is 7.39. The van der Waals surface area contributed by atoms with Crippen LogP contribution < -0.4 is 5.32 Å². The molecule has 4 rings (SSSR count). The maximum absolute atomic E-state index is 9.29. The van der Waals surface area contributed by atoms with E-state index >= 15 is 0 Å². The summed E-state index contributed by atoms with van der Waals surface area (Å²) >= 11 is 0. The highest BCUT2D eigenvalue weighted by Crippen LogP contribution is 2.32. The summed E-state index contributed by atoms with van der Waals surface area (Å²) in [6, 6.07) is 10.5. The van der Waals surface area contributed by atoms with Crippen molar-refractivity contribution in [2.24, 2.45) is 0 Å². The number of benzene rings is 1. The van der Waals surface area contributed by atoms with Crippen LogP contribution in [0.15, 0.2) is 43.0 Å². The van der Waals surface area contributed by atoms with Crippen LogP contribution in [0.1, 0.15) is 44.0 Å². The third-order valence-electron chi connectivity index (χ3n) is 4.88. The quantitative estimate of drug-likeness (QED) is 0.708. The second-order valence-corrected chi connectivity index (χ2v) is 6.53. The Labute approximate surface area is 152 Å². The summed E-state index contributed by atoms with van der Waals surface area (Å²) in [5.41, 5.74) is 2.69. The van der Waals surface area contributed by atoms with Gasteiger partial charge in [0.2, 0.25) is 0 Å². The van der Waals surface area contributed by atoms with E-state index in [4.69, 9.17) is 4.74 Å². The topological polar surface area (TPSA) is 85.1 Å². The summed E-state index contributed by atoms with van der Waals surface area (Å²) in [4.78, 5) is 13.4. The molecule has 0 aliphatic carbocycles. The second-order valence-electron chi connectivity index (χ2n) is 6.53. The van der Waals surface area contributed by atoms with Gasteiger partial charge in [-0.3, -0.25) is 4.57 Å². The van der Waals surface area contributed by atoms with Crippen LogP contribution in [0.5, 0.6) is 0 Å². The van der Waals surface area contributed by atoms with Crippen molar-refractivity contribution >= 4 is 17.0 Å². The van der Waals surface area contributed by atoms with E-state index in [9.17, 15) is 5.11 Å². The number of fused-ring (bicyclic) bond motifs is 1. The Kier molecular flexibility index (Phi) is 4.81. The molecule has 1 fully saturated rings. The molecule has 1 aliphatic heterocycles. The molecule has 0 saturated carbocycles. The van der Waals surface area contributed by atoms with Crippen molar-refractivity contribution in [3.63, 3.8) is 0 Å². The zero-order valence-electron chi connectivity index (χ0n) is 14.7. The molecule has 26 heavy (non-hydrogen) atoms. The molecule has 2 unspecified atom stereocenters. The molecule has 2 aromatic heterocycles. The van der Waals surface area contributed by atoms with E-state index in [0.29, 0.717) is 0 Å². The summed E-state index contributed by atoms with van der Waals surface area (Å²) in [5, 5.41) is 12.8. The summed E-state index contributed by atoms with van der Waals surface area (Å²) in [7, 11) is 0. The maximum atomic E-state index is 9.29. The number of nitrogens with zero attached hydrogens (tertiary/aromatic N) is 4. The fourth-order valence-electron chi connectivity index (χ4n) is 3.47. The van der Waals surface area contributed by atoms with Crippen molar-refractivity contribution in [3.05, 3.63) is 48.5 Å². The lowest BCUT2D eigenvalue weighted by Crippen LogP contribution is -2.14. The van der Waals surface area contributed by atoms with Gasteiger partial charge >= 0.3 is 0 Å². The number of hydrogen-bond donors (Lipinski definition) is 2. The SMILES string of the molecule is CCC(Nc1ncnc2c1ncn2[C@H]1CCC(CO)O1)c1ccccc1. The third-order valence-corrected chi connectivity index (χ3v) is 4.88. The molecule has 2 N–H and O–H groups in total. The van der Waals surface area contributed by atoms with Crippen molar-refractivity contribution in [2.45, 2.75) is 44.6 Å². The first-order valence-electron chi connectivity index (χ1n) is 9.05. The number of ether oxygens (including phenoxy) is 1. The number of aliphatic hydroxyl groups excluding tert-OH is 1. The number of rotatable bonds is 6. The normalized spacial score (nSPS) is 21.2. The van der Waals surface area contributed by atoms with Gasteiger partial charge in [-0.05, 0) is 24.8 Å². The summed E-state index contributed by atoms with van der Waals surface area (Å²) in [6.45, 7) is 2.18. The van der Waals surface area contributed by atoms with Crippen LogP contribution in [0.4, 0.5) is 5.82 Å². The van der Waals surface area contributed by atoms with E-state index in [0.717, 1.165) is 36.2 Å². The Bertz CT molecular complexity index is 867. The number of nitrogens with one attached hydrogen (secondary N) is 1. The standard InChI is InChI=1S/C19H23N5O2/c1-2-15(13-6-4-3-5-7-13)23-18-17-19(21-11-20-18)24(12-22-17)16-9-8-14(10-25)26-16/h3-7,11-12,14-16,25H,2,8-10H2,1H3,(H,20,21,23)/t14?,15?,16-/m1/s1. The average Bonchev–Trinajstić information content (AvgIpc) is 3.33. The van der Waals surface area contributed by atoms with Crippen molar-refractivity contribution in [1.82, 2.24) is 19.5 Å². The monoisotopic (exact) mass is 353 g/mol. The molecule has 3 atom stereocenters. The van der Waals surface area contributed by atoms with Crippen molar-refractivity contribution in [2.75, 3.05) is 11.9 Å². The number of aromatic nitrogens is 4. The Hall–Kier alpha value is -2.51. The van der Waals surface area contributed by atoms with Crippen LogP contribution in [0.2, 0.25) is 0 Å². The molecule has 3 heterocycles. The Morgan fingerprint density at radius 2 is 2.08 bits per heavy atom. The lowest BCUT2D eigenvalue weighted by atomic mass is 10.0. The van der Waals surface area contributed by atoms with Crippen LogP contribution in [0.25, 0.3) is 11.2 Å². The molecule has 1 saturated heterocycles. The molecule has 7 heteroatoms. The van der Waals surface area contributed by atoms with Gasteiger partial charge in [-0.25, -0.2) is 15.0 Å². The summed E-state index contributed by atoms with van der Waals surface area (Å²) < 4.78 is 7.80. The van der Waals surface area contributed by atoms with E-state index in [-0.39, 0.29) is 25.0 Å². The van der Waals surface area contributed by atoms with Crippen LogP contribution in [-0.2, 0) is 4.74 Å². The first-order chi connectivity index (χ1) is 12.8. The van der Waals surface area contributed by atoms with Gasteiger partial charge < -0.3 is 15.2 Å². The molecule has 0 amide bonds. The Morgan fingerprint density at radius 3 is 2.81 bits per heavy atom. The van der Waals surface area contributed by atoms with E-state index in [1.54, 1.807) is 12.7 Å². The number of hydrogen-bond acceptors (Lipinski definition) is 6. The van der Waals surface area contributed by atoms with Crippen molar-refractivity contribution in [3.8, 4) is 0 Å². The van der Waals surface area contributed by atoms with Crippen LogP contribution in [0, 0.1) is 0 Å². The van der Waals surface area contributed by atoms with E-state index in [2.05, 4.69) is 39.3 Å². The van der Waals surface area contributed by atoms with Crippen LogP contribution in [0.3, 0.4) is 0 Å². The van der Waals surface area contributed by atoms with Gasteiger partial charge in [0.25, 0.3) is 0 Å². The zero-order valence-corrected chi connectivity index (χ0v) is 14.7. The number of imidazole rings is 1. The van der Waals surface area contributed by atoms with Crippen molar-refractivity contribution < 1.29 is 9.84 Å².